The van der Waals surface area contributed by atoms with Crippen LogP contribution in [0.5, 0.6) is 0 Å². The highest BCUT2D eigenvalue weighted by Gasteiger charge is 2.34. The van der Waals surface area contributed by atoms with Gasteiger partial charge in [0, 0.05) is 10.2 Å². The van der Waals surface area contributed by atoms with Crippen molar-refractivity contribution in [2.45, 2.75) is 17.9 Å². The lowest BCUT2D eigenvalue weighted by molar-refractivity contribution is -0.917. The van der Waals surface area contributed by atoms with Gasteiger partial charge in [-0.2, -0.15) is 4.31 Å². The molecule has 27 heavy (non-hydrogen) atoms. The first-order valence-corrected chi connectivity index (χ1v) is 11.1. The maximum atomic E-state index is 12.7. The van der Waals surface area contributed by atoms with Crippen LogP contribution in [0.3, 0.4) is 0 Å². The summed E-state index contributed by atoms with van der Waals surface area (Å²) in [5.41, 5.74) is 0.750. The molecule has 144 valence electrons. The van der Waals surface area contributed by atoms with E-state index in [1.807, 2.05) is 31.2 Å². The van der Waals surface area contributed by atoms with Crippen LogP contribution in [0.1, 0.15) is 6.92 Å². The van der Waals surface area contributed by atoms with Crippen molar-refractivity contribution in [1.29, 1.82) is 0 Å². The third kappa shape index (κ3) is 4.76. The summed E-state index contributed by atoms with van der Waals surface area (Å²) in [5, 5.41) is 2.92. The third-order valence-electron chi connectivity index (χ3n) is 4.86. The first-order valence-electron chi connectivity index (χ1n) is 8.84. The van der Waals surface area contributed by atoms with Gasteiger partial charge in [0.2, 0.25) is 10.0 Å². The third-order valence-corrected chi connectivity index (χ3v) is 7.30. The number of nitrogens with one attached hydrogen (secondary N) is 2. The summed E-state index contributed by atoms with van der Waals surface area (Å²) in [4.78, 5) is 13.9. The lowest BCUT2D eigenvalue weighted by atomic mass is 10.2. The fourth-order valence-corrected chi connectivity index (χ4v) is 4.88. The Morgan fingerprint density at radius 1 is 1.07 bits per heavy atom. The smallest absolute Gasteiger partial charge is 0.282 e. The monoisotopic (exact) mass is 452 g/mol. The number of hydrogen-bond acceptors (Lipinski definition) is 3. The molecule has 2 N–H and O–H groups in total. The van der Waals surface area contributed by atoms with Crippen molar-refractivity contribution in [3.05, 3.63) is 59.1 Å². The Labute approximate surface area is 168 Å². The number of halogens is 1. The molecule has 1 atom stereocenters. The Morgan fingerprint density at radius 3 is 2.26 bits per heavy atom. The number of benzene rings is 2. The molecular weight excluding hydrogens is 430 g/mol. The standard InChI is InChI=1S/C19H22BrN3O3S/c1-15(19(24)21-17-9-7-16(20)8-10-17)22-11-13-23(14-12-22)27(25,26)18-5-3-2-4-6-18/h2-10,15H,11-14H2,1H3,(H,21,24)/p+1/t15-/m1/s1. The zero-order valence-corrected chi connectivity index (χ0v) is 17.5. The Bertz CT molecular complexity index is 880. The predicted molar refractivity (Wildman–Crippen MR) is 108 cm³/mol. The predicted octanol–water partition coefficient (Wildman–Crippen LogP) is 1.37. The molecule has 2 aromatic carbocycles. The Morgan fingerprint density at radius 2 is 1.67 bits per heavy atom. The van der Waals surface area contributed by atoms with Crippen LogP contribution >= 0.6 is 15.9 Å². The molecule has 1 heterocycles. The number of nitrogens with zero attached hydrogens (tertiary/aromatic N) is 1. The van der Waals surface area contributed by atoms with Crippen molar-refractivity contribution >= 4 is 37.5 Å². The molecule has 0 radical (unpaired) electrons. The fourth-order valence-electron chi connectivity index (χ4n) is 3.16. The highest BCUT2D eigenvalue weighted by atomic mass is 79.9. The van der Waals surface area contributed by atoms with Crippen LogP contribution in [0.2, 0.25) is 0 Å². The summed E-state index contributed by atoms with van der Waals surface area (Å²) in [7, 11) is -3.47. The van der Waals surface area contributed by atoms with Crippen LogP contribution in [0, 0.1) is 0 Å². The van der Waals surface area contributed by atoms with Gasteiger partial charge in [0.05, 0.1) is 31.1 Å². The van der Waals surface area contributed by atoms with E-state index in [1.54, 1.807) is 30.3 Å². The summed E-state index contributed by atoms with van der Waals surface area (Å²) in [5.74, 6) is -0.0633. The molecule has 1 saturated heterocycles. The first kappa shape index (κ1) is 20.0. The van der Waals surface area contributed by atoms with Crippen molar-refractivity contribution in [1.82, 2.24) is 4.31 Å². The minimum Gasteiger partial charge on any atom is -0.323 e. The topological polar surface area (TPSA) is 70.9 Å². The second kappa shape index (κ2) is 8.52. The molecule has 1 aliphatic rings. The van der Waals surface area contributed by atoms with E-state index in [0.29, 0.717) is 31.1 Å². The summed E-state index contributed by atoms with van der Waals surface area (Å²) in [6, 6.07) is 15.7. The van der Waals surface area contributed by atoms with Gasteiger partial charge in [-0.05, 0) is 43.3 Å². The number of amides is 1. The number of quaternary nitrogens is 1. The molecule has 0 aliphatic carbocycles. The Balaban J connectivity index is 1.58. The fraction of sp³-hybridized carbons (Fsp3) is 0.316. The van der Waals surface area contributed by atoms with E-state index in [2.05, 4.69) is 21.2 Å². The van der Waals surface area contributed by atoms with E-state index in [9.17, 15) is 13.2 Å². The quantitative estimate of drug-likeness (QED) is 0.719. The van der Waals surface area contributed by atoms with Gasteiger partial charge in [0.15, 0.2) is 6.04 Å². The van der Waals surface area contributed by atoms with E-state index in [-0.39, 0.29) is 11.9 Å². The van der Waals surface area contributed by atoms with E-state index in [0.717, 1.165) is 15.1 Å². The molecule has 8 heteroatoms. The first-order chi connectivity index (χ1) is 12.9. The van der Waals surface area contributed by atoms with E-state index in [4.69, 9.17) is 0 Å². The number of piperazine rings is 1. The molecule has 0 saturated carbocycles. The Hall–Kier alpha value is -1.74. The summed E-state index contributed by atoms with van der Waals surface area (Å²) in [6.45, 7) is 3.89. The zero-order valence-electron chi connectivity index (χ0n) is 15.1. The van der Waals surface area contributed by atoms with Crippen molar-refractivity contribution in [2.75, 3.05) is 31.5 Å². The molecule has 0 aromatic heterocycles. The largest absolute Gasteiger partial charge is 0.323 e. The molecule has 2 aromatic rings. The number of hydrogen-bond donors (Lipinski definition) is 2. The van der Waals surface area contributed by atoms with Crippen molar-refractivity contribution in [3.63, 3.8) is 0 Å². The van der Waals surface area contributed by atoms with Crippen LogP contribution in [0.15, 0.2) is 64.0 Å². The molecular formula is C19H23BrN3O3S+. The van der Waals surface area contributed by atoms with Gasteiger partial charge in [-0.15, -0.1) is 0 Å². The zero-order chi connectivity index (χ0) is 19.4. The van der Waals surface area contributed by atoms with Crippen molar-refractivity contribution in [3.8, 4) is 0 Å². The van der Waals surface area contributed by atoms with Crippen molar-refractivity contribution < 1.29 is 18.1 Å². The highest BCUT2D eigenvalue weighted by Crippen LogP contribution is 2.15. The van der Waals surface area contributed by atoms with Crippen LogP contribution in [-0.2, 0) is 14.8 Å². The molecule has 0 spiro atoms. The number of carbonyl (C=O) groups excluding carboxylic acids is 1. The van der Waals surface area contributed by atoms with Gasteiger partial charge < -0.3 is 10.2 Å². The summed E-state index contributed by atoms with van der Waals surface area (Å²) in [6.07, 6.45) is 0. The van der Waals surface area contributed by atoms with Gasteiger partial charge in [-0.3, -0.25) is 4.79 Å². The van der Waals surface area contributed by atoms with Crippen LogP contribution < -0.4 is 10.2 Å². The van der Waals surface area contributed by atoms with Crippen LogP contribution in [-0.4, -0.2) is 50.9 Å². The van der Waals surface area contributed by atoms with Gasteiger partial charge in [0.25, 0.3) is 5.91 Å². The van der Waals surface area contributed by atoms with Crippen LogP contribution in [0.4, 0.5) is 5.69 Å². The summed E-state index contributed by atoms with van der Waals surface area (Å²) < 4.78 is 27.9. The van der Waals surface area contributed by atoms with Gasteiger partial charge in [-0.25, -0.2) is 8.42 Å². The maximum absolute atomic E-state index is 12.7. The molecule has 1 amide bonds. The number of anilines is 1. The molecule has 3 rings (SSSR count). The van der Waals surface area contributed by atoms with Gasteiger partial charge >= 0.3 is 0 Å². The van der Waals surface area contributed by atoms with E-state index >= 15 is 0 Å². The molecule has 0 unspecified atom stereocenters. The van der Waals surface area contributed by atoms with Crippen LogP contribution in [0.25, 0.3) is 0 Å². The highest BCUT2D eigenvalue weighted by molar-refractivity contribution is 9.10. The van der Waals surface area contributed by atoms with E-state index < -0.39 is 10.0 Å². The normalized spacial score (nSPS) is 17.4. The lowest BCUT2D eigenvalue weighted by Crippen LogP contribution is -3.19. The second-order valence-corrected chi connectivity index (χ2v) is 9.45. The molecule has 1 fully saturated rings. The second-order valence-electron chi connectivity index (χ2n) is 6.59. The number of sulfonamides is 1. The molecule has 6 nitrogen and oxygen atoms in total. The van der Waals surface area contributed by atoms with Gasteiger partial charge in [0.1, 0.15) is 0 Å². The average molecular weight is 453 g/mol. The number of rotatable bonds is 5. The average Bonchev–Trinajstić information content (AvgIpc) is 2.70. The Kier molecular flexibility index (Phi) is 6.31. The SMILES string of the molecule is C[C@H](C(=O)Nc1ccc(Br)cc1)[NH+]1CCN(S(=O)(=O)c2ccccc2)CC1. The molecule has 1 aliphatic heterocycles. The lowest BCUT2D eigenvalue weighted by Gasteiger charge is -2.34. The van der Waals surface area contributed by atoms with E-state index in [1.165, 1.54) is 4.31 Å². The minimum atomic E-state index is -3.47. The van der Waals surface area contributed by atoms with Crippen molar-refractivity contribution in [2.24, 2.45) is 0 Å². The van der Waals surface area contributed by atoms with Gasteiger partial charge in [-0.1, -0.05) is 34.1 Å². The summed E-state index contributed by atoms with van der Waals surface area (Å²) >= 11 is 3.37. The number of carbonyl (C=O) groups is 1. The minimum absolute atomic E-state index is 0.0633. The maximum Gasteiger partial charge on any atom is 0.282 e. The molecule has 0 bridgehead atoms.